The molecule has 2 aromatic rings. The first kappa shape index (κ1) is 14.5. The van der Waals surface area contributed by atoms with Gasteiger partial charge in [0.25, 0.3) is 5.91 Å². The lowest BCUT2D eigenvalue weighted by Gasteiger charge is -2.27. The van der Waals surface area contributed by atoms with Crippen LogP contribution in [0.3, 0.4) is 0 Å². The minimum absolute atomic E-state index is 0.147. The molecule has 0 saturated carbocycles. The van der Waals surface area contributed by atoms with Gasteiger partial charge in [-0.15, -0.1) is 0 Å². The van der Waals surface area contributed by atoms with E-state index in [4.69, 9.17) is 0 Å². The summed E-state index contributed by atoms with van der Waals surface area (Å²) in [6.45, 7) is 7.36. The second-order valence-electron chi connectivity index (χ2n) is 4.57. The molecular formula is C17H22N2O. The quantitative estimate of drug-likeness (QED) is 0.864. The van der Waals surface area contributed by atoms with Crippen molar-refractivity contribution >= 4 is 16.7 Å². The van der Waals surface area contributed by atoms with Crippen molar-refractivity contribution in [3.8, 4) is 0 Å². The van der Waals surface area contributed by atoms with Gasteiger partial charge in [0.2, 0.25) is 0 Å². The van der Waals surface area contributed by atoms with Crippen LogP contribution in [0.1, 0.15) is 24.2 Å². The zero-order valence-corrected chi connectivity index (χ0v) is 12.2. The first-order chi connectivity index (χ1) is 9.86. The van der Waals surface area contributed by atoms with Gasteiger partial charge in [-0.2, -0.15) is 0 Å². The number of carbonyl (C=O) groups is 1. The summed E-state index contributed by atoms with van der Waals surface area (Å²) in [5.74, 6) is 0.147. The summed E-state index contributed by atoms with van der Waals surface area (Å²) < 4.78 is 0. The van der Waals surface area contributed by atoms with E-state index in [1.54, 1.807) is 0 Å². The van der Waals surface area contributed by atoms with Crippen molar-refractivity contribution < 1.29 is 4.79 Å². The van der Waals surface area contributed by atoms with Crippen LogP contribution in [0.2, 0.25) is 0 Å². The fourth-order valence-corrected chi connectivity index (χ4v) is 2.45. The molecule has 0 aromatic heterocycles. The molecule has 106 valence electrons. The maximum Gasteiger partial charge on any atom is 0.254 e. The van der Waals surface area contributed by atoms with Crippen LogP contribution in [-0.2, 0) is 0 Å². The second-order valence-corrected chi connectivity index (χ2v) is 4.57. The number of fused-ring (bicyclic) bond motifs is 1. The van der Waals surface area contributed by atoms with Gasteiger partial charge >= 0.3 is 0 Å². The Hall–Kier alpha value is -1.87. The lowest BCUT2D eigenvalue weighted by atomic mass is 10.0. The molecule has 1 amide bonds. The maximum atomic E-state index is 12.5. The number of nitrogens with zero attached hydrogens (tertiary/aromatic N) is 1. The number of carbonyl (C=O) groups excluding carboxylic acids is 1. The molecule has 0 bridgehead atoms. The lowest BCUT2D eigenvalue weighted by Crippen LogP contribution is -2.46. The Labute approximate surface area is 120 Å². The lowest BCUT2D eigenvalue weighted by molar-refractivity contribution is 0.0738. The molecular weight excluding hydrogens is 248 g/mol. The number of benzene rings is 2. The molecule has 0 atom stereocenters. The van der Waals surface area contributed by atoms with Crippen LogP contribution < -0.4 is 5.32 Å². The van der Waals surface area contributed by atoms with Gasteiger partial charge in [0.05, 0.1) is 0 Å². The molecule has 1 N–H and O–H groups in total. The fourth-order valence-electron chi connectivity index (χ4n) is 2.45. The standard InChI is InChI=1S/C15H16N2O.C2H6/c18-15(17-10-8-16-9-11-17)14-7-3-5-12-4-1-2-6-13(12)14;1-2/h1-7,16H,8-11H2;1-2H3. The summed E-state index contributed by atoms with van der Waals surface area (Å²) >= 11 is 0. The van der Waals surface area contributed by atoms with Crippen molar-refractivity contribution in [3.05, 3.63) is 48.0 Å². The molecule has 3 heteroatoms. The highest BCUT2D eigenvalue weighted by Gasteiger charge is 2.19. The summed E-state index contributed by atoms with van der Waals surface area (Å²) in [5, 5.41) is 5.43. The number of hydrogen-bond acceptors (Lipinski definition) is 2. The maximum absolute atomic E-state index is 12.5. The molecule has 1 aliphatic heterocycles. The van der Waals surface area contributed by atoms with Crippen LogP contribution in [-0.4, -0.2) is 37.0 Å². The average molecular weight is 270 g/mol. The van der Waals surface area contributed by atoms with Crippen molar-refractivity contribution in [1.29, 1.82) is 0 Å². The van der Waals surface area contributed by atoms with Gasteiger partial charge < -0.3 is 10.2 Å². The first-order valence-electron chi connectivity index (χ1n) is 7.34. The van der Waals surface area contributed by atoms with Crippen LogP contribution in [0.15, 0.2) is 42.5 Å². The minimum Gasteiger partial charge on any atom is -0.336 e. The zero-order chi connectivity index (χ0) is 14.4. The van der Waals surface area contributed by atoms with Gasteiger partial charge in [0.15, 0.2) is 0 Å². The number of rotatable bonds is 1. The number of piperazine rings is 1. The van der Waals surface area contributed by atoms with E-state index in [0.29, 0.717) is 0 Å². The molecule has 1 fully saturated rings. The van der Waals surface area contributed by atoms with Crippen LogP contribution >= 0.6 is 0 Å². The normalized spacial score (nSPS) is 14.6. The Morgan fingerprint density at radius 1 is 1.00 bits per heavy atom. The Bertz CT molecular complexity index is 569. The van der Waals surface area contributed by atoms with Gasteiger partial charge in [0.1, 0.15) is 0 Å². The molecule has 3 rings (SSSR count). The van der Waals surface area contributed by atoms with Crippen molar-refractivity contribution in [2.45, 2.75) is 13.8 Å². The van der Waals surface area contributed by atoms with Gasteiger partial charge in [-0.1, -0.05) is 50.2 Å². The minimum atomic E-state index is 0.147. The van der Waals surface area contributed by atoms with Crippen molar-refractivity contribution in [1.82, 2.24) is 10.2 Å². The van der Waals surface area contributed by atoms with Gasteiger partial charge in [-0.25, -0.2) is 0 Å². The van der Waals surface area contributed by atoms with Crippen LogP contribution in [0.25, 0.3) is 10.8 Å². The predicted octanol–water partition coefficient (Wildman–Crippen LogP) is 2.91. The monoisotopic (exact) mass is 270 g/mol. The molecule has 2 aromatic carbocycles. The molecule has 0 radical (unpaired) electrons. The Morgan fingerprint density at radius 2 is 1.65 bits per heavy atom. The van der Waals surface area contributed by atoms with E-state index in [2.05, 4.69) is 5.32 Å². The zero-order valence-electron chi connectivity index (χ0n) is 12.2. The summed E-state index contributed by atoms with van der Waals surface area (Å²) in [5.41, 5.74) is 0.815. The summed E-state index contributed by atoms with van der Waals surface area (Å²) in [6.07, 6.45) is 0. The van der Waals surface area contributed by atoms with Crippen LogP contribution in [0.4, 0.5) is 0 Å². The molecule has 20 heavy (non-hydrogen) atoms. The van der Waals surface area contributed by atoms with Crippen molar-refractivity contribution in [3.63, 3.8) is 0 Å². The van der Waals surface area contributed by atoms with Crippen molar-refractivity contribution in [2.75, 3.05) is 26.2 Å². The third-order valence-electron chi connectivity index (χ3n) is 3.42. The molecule has 1 heterocycles. The molecule has 3 nitrogen and oxygen atoms in total. The highest BCUT2D eigenvalue weighted by atomic mass is 16.2. The summed E-state index contributed by atoms with van der Waals surface area (Å²) in [7, 11) is 0. The Morgan fingerprint density at radius 3 is 2.40 bits per heavy atom. The largest absolute Gasteiger partial charge is 0.336 e. The fraction of sp³-hybridized carbons (Fsp3) is 0.353. The van der Waals surface area contributed by atoms with Gasteiger partial charge in [0, 0.05) is 31.7 Å². The molecule has 1 saturated heterocycles. The first-order valence-corrected chi connectivity index (χ1v) is 7.34. The number of nitrogens with one attached hydrogen (secondary N) is 1. The van der Waals surface area contributed by atoms with E-state index < -0.39 is 0 Å². The molecule has 1 aliphatic rings. The Kier molecular flexibility index (Phi) is 5.13. The van der Waals surface area contributed by atoms with Gasteiger partial charge in [-0.3, -0.25) is 4.79 Å². The number of hydrogen-bond donors (Lipinski definition) is 1. The van der Waals surface area contributed by atoms with E-state index in [-0.39, 0.29) is 5.91 Å². The summed E-state index contributed by atoms with van der Waals surface area (Å²) in [4.78, 5) is 14.4. The van der Waals surface area contributed by atoms with E-state index >= 15 is 0 Å². The van der Waals surface area contributed by atoms with Crippen LogP contribution in [0.5, 0.6) is 0 Å². The SMILES string of the molecule is CC.O=C(c1cccc2ccccc12)N1CCNCC1. The number of amides is 1. The molecule has 0 spiro atoms. The van der Waals surface area contributed by atoms with E-state index in [1.807, 2.05) is 61.2 Å². The molecule has 0 aliphatic carbocycles. The second kappa shape index (κ2) is 7.06. The topological polar surface area (TPSA) is 32.3 Å². The van der Waals surface area contributed by atoms with E-state index in [0.717, 1.165) is 42.5 Å². The van der Waals surface area contributed by atoms with E-state index in [9.17, 15) is 4.79 Å². The molecule has 0 unspecified atom stereocenters. The van der Waals surface area contributed by atoms with Crippen molar-refractivity contribution in [2.24, 2.45) is 0 Å². The highest BCUT2D eigenvalue weighted by Crippen LogP contribution is 2.20. The average Bonchev–Trinajstić information content (AvgIpc) is 2.56. The van der Waals surface area contributed by atoms with E-state index in [1.165, 1.54) is 0 Å². The van der Waals surface area contributed by atoms with Gasteiger partial charge in [-0.05, 0) is 16.8 Å². The highest BCUT2D eigenvalue weighted by molar-refractivity contribution is 6.07. The summed E-state index contributed by atoms with van der Waals surface area (Å²) in [6, 6.07) is 14.0. The third-order valence-corrected chi connectivity index (χ3v) is 3.42. The smallest absolute Gasteiger partial charge is 0.254 e. The third kappa shape index (κ3) is 2.99. The predicted molar refractivity (Wildman–Crippen MR) is 84.1 cm³/mol. The van der Waals surface area contributed by atoms with Crippen LogP contribution in [0, 0.1) is 0 Å². The Balaban J connectivity index is 0.000000704.